The van der Waals surface area contributed by atoms with Gasteiger partial charge < -0.3 is 19.9 Å². The second kappa shape index (κ2) is 11.6. The Morgan fingerprint density at radius 2 is 1.66 bits per heavy atom. The van der Waals surface area contributed by atoms with Gasteiger partial charge in [0, 0.05) is 39.3 Å². The van der Waals surface area contributed by atoms with E-state index >= 15 is 0 Å². The number of ether oxygens (including phenoxy) is 1. The molecule has 3 heterocycles. The fraction of sp³-hybridized carbons (Fsp3) is 0.542. The number of hydrogen-bond donors (Lipinski definition) is 1. The zero-order chi connectivity index (χ0) is 24.7. The van der Waals surface area contributed by atoms with Crippen molar-refractivity contribution in [2.45, 2.75) is 32.2 Å². The maximum absolute atomic E-state index is 12.5. The molecule has 1 N–H and O–H groups in total. The lowest BCUT2D eigenvalue weighted by Gasteiger charge is -2.35. The number of anilines is 1. The van der Waals surface area contributed by atoms with Crippen LogP contribution in [0.5, 0.6) is 5.75 Å². The van der Waals surface area contributed by atoms with Crippen molar-refractivity contribution in [3.63, 3.8) is 0 Å². The van der Waals surface area contributed by atoms with Gasteiger partial charge in [0.15, 0.2) is 5.75 Å². The number of piperidine rings is 1. The van der Waals surface area contributed by atoms with Gasteiger partial charge >= 0.3 is 12.4 Å². The molecule has 2 aliphatic heterocycles. The number of urea groups is 1. The summed E-state index contributed by atoms with van der Waals surface area (Å²) in [7, 11) is 0. The molecular formula is C24H31F3N6O2. The number of piperazine rings is 1. The molecule has 11 heteroatoms. The Hall–Kier alpha value is -3.08. The Labute approximate surface area is 203 Å². The van der Waals surface area contributed by atoms with E-state index in [9.17, 15) is 18.0 Å². The van der Waals surface area contributed by atoms with Gasteiger partial charge in [-0.15, -0.1) is 13.2 Å². The van der Waals surface area contributed by atoms with Gasteiger partial charge in [-0.3, -0.25) is 4.90 Å². The van der Waals surface area contributed by atoms with E-state index < -0.39 is 12.1 Å². The molecule has 0 saturated carbocycles. The molecule has 0 aliphatic carbocycles. The maximum Gasteiger partial charge on any atom is 0.573 e. The smallest absolute Gasteiger partial charge is 0.402 e. The van der Waals surface area contributed by atoms with Crippen LogP contribution in [0.2, 0.25) is 0 Å². The molecule has 2 fully saturated rings. The van der Waals surface area contributed by atoms with Gasteiger partial charge in [-0.1, -0.05) is 30.3 Å². The minimum atomic E-state index is -4.77. The molecule has 1 aromatic heterocycles. The molecule has 2 saturated heterocycles. The Bertz CT molecular complexity index is 929. The molecule has 0 radical (unpaired) electrons. The van der Waals surface area contributed by atoms with Gasteiger partial charge in [-0.2, -0.15) is 0 Å². The zero-order valence-electron chi connectivity index (χ0n) is 19.6. The van der Waals surface area contributed by atoms with E-state index in [-0.39, 0.29) is 6.03 Å². The predicted molar refractivity (Wildman–Crippen MR) is 125 cm³/mol. The molecule has 190 valence electrons. The van der Waals surface area contributed by atoms with Crippen LogP contribution in [0.15, 0.2) is 42.7 Å². The molecule has 0 spiro atoms. The lowest BCUT2D eigenvalue weighted by atomic mass is 9.93. The summed E-state index contributed by atoms with van der Waals surface area (Å²) in [5.74, 6) is 0.486. The van der Waals surface area contributed by atoms with E-state index in [0.717, 1.165) is 51.3 Å². The second-order valence-corrected chi connectivity index (χ2v) is 8.97. The first-order valence-corrected chi connectivity index (χ1v) is 12.0. The first kappa shape index (κ1) is 25.0. The van der Waals surface area contributed by atoms with Crippen LogP contribution in [-0.4, -0.2) is 78.0 Å². The monoisotopic (exact) mass is 492 g/mol. The van der Waals surface area contributed by atoms with Crippen LogP contribution < -0.4 is 15.0 Å². The topological polar surface area (TPSA) is 73.8 Å². The lowest BCUT2D eigenvalue weighted by molar-refractivity contribution is -0.274. The van der Waals surface area contributed by atoms with Crippen LogP contribution in [0.4, 0.5) is 23.9 Å². The summed E-state index contributed by atoms with van der Waals surface area (Å²) >= 11 is 0. The molecule has 35 heavy (non-hydrogen) atoms. The third kappa shape index (κ3) is 7.71. The van der Waals surface area contributed by atoms with Crippen molar-refractivity contribution in [2.24, 2.45) is 5.92 Å². The molecule has 8 nitrogen and oxygen atoms in total. The second-order valence-electron chi connectivity index (χ2n) is 8.97. The van der Waals surface area contributed by atoms with Crippen molar-refractivity contribution >= 4 is 12.0 Å². The van der Waals surface area contributed by atoms with Gasteiger partial charge in [0.25, 0.3) is 0 Å². The fourth-order valence-corrected chi connectivity index (χ4v) is 4.54. The molecule has 4 rings (SSSR count). The number of aromatic nitrogens is 2. The number of rotatable bonds is 7. The summed E-state index contributed by atoms with van der Waals surface area (Å²) < 4.78 is 40.6. The van der Waals surface area contributed by atoms with Crippen LogP contribution in [0, 0.1) is 5.92 Å². The van der Waals surface area contributed by atoms with Gasteiger partial charge in [0.1, 0.15) is 0 Å². The van der Waals surface area contributed by atoms with Crippen molar-refractivity contribution in [3.8, 4) is 5.75 Å². The summed E-state index contributed by atoms with van der Waals surface area (Å²) in [5, 5.41) is 3.04. The molecule has 2 aliphatic rings. The highest BCUT2D eigenvalue weighted by atomic mass is 19.4. The number of likely N-dealkylation sites (tertiary alicyclic amines) is 1. The van der Waals surface area contributed by atoms with Gasteiger partial charge in [0.05, 0.1) is 12.4 Å². The largest absolute Gasteiger partial charge is 0.573 e. The van der Waals surface area contributed by atoms with Crippen molar-refractivity contribution in [1.29, 1.82) is 0 Å². The Morgan fingerprint density at radius 1 is 1.00 bits per heavy atom. The molecule has 0 unspecified atom stereocenters. The Balaban J connectivity index is 1.11. The van der Waals surface area contributed by atoms with Gasteiger partial charge in [0.2, 0.25) is 5.95 Å². The number of carbonyl (C=O) groups excluding carboxylic acids is 1. The number of amides is 2. The summed E-state index contributed by atoms with van der Waals surface area (Å²) in [5.41, 5.74) is 1.34. The van der Waals surface area contributed by atoms with E-state index in [0.29, 0.717) is 44.6 Å². The maximum atomic E-state index is 12.5. The molecule has 1 aromatic carbocycles. The quantitative estimate of drug-likeness (QED) is 0.638. The standard InChI is InChI=1S/C24H31F3N6O2/c25-24(26,27)35-21-16-29-22(30-17-21)32-12-14-33(15-13-32)23(34)28-9-6-19-7-10-31(11-8-19)18-20-4-2-1-3-5-20/h1-5,16-17,19H,6-15,18H2,(H,28,34). The number of alkyl halides is 3. The third-order valence-corrected chi connectivity index (χ3v) is 6.48. The van der Waals surface area contributed by atoms with Crippen LogP contribution >= 0.6 is 0 Å². The van der Waals surface area contributed by atoms with E-state index in [1.54, 1.807) is 4.90 Å². The Morgan fingerprint density at radius 3 is 2.29 bits per heavy atom. The van der Waals surface area contributed by atoms with Crippen LogP contribution in [0.3, 0.4) is 0 Å². The number of carbonyl (C=O) groups is 1. The Kier molecular flexibility index (Phi) is 8.27. The highest BCUT2D eigenvalue weighted by Gasteiger charge is 2.31. The molecule has 2 amide bonds. The summed E-state index contributed by atoms with van der Waals surface area (Å²) in [6, 6.07) is 10.4. The van der Waals surface area contributed by atoms with Crippen molar-refractivity contribution in [3.05, 3.63) is 48.3 Å². The first-order chi connectivity index (χ1) is 16.9. The van der Waals surface area contributed by atoms with Crippen molar-refractivity contribution in [1.82, 2.24) is 25.1 Å². The van der Waals surface area contributed by atoms with Crippen LogP contribution in [0.25, 0.3) is 0 Å². The molecule has 2 aromatic rings. The number of benzene rings is 1. The first-order valence-electron chi connectivity index (χ1n) is 12.0. The summed E-state index contributed by atoms with van der Waals surface area (Å²) in [6.07, 6.45) is 0.499. The summed E-state index contributed by atoms with van der Waals surface area (Å²) in [4.78, 5) is 26.5. The van der Waals surface area contributed by atoms with Crippen LogP contribution in [-0.2, 0) is 6.54 Å². The molecule has 0 bridgehead atoms. The summed E-state index contributed by atoms with van der Waals surface area (Å²) in [6.45, 7) is 5.82. The van der Waals surface area contributed by atoms with Crippen LogP contribution in [0.1, 0.15) is 24.8 Å². The SMILES string of the molecule is O=C(NCCC1CCN(Cc2ccccc2)CC1)N1CCN(c2ncc(OC(F)(F)F)cn2)CC1. The fourth-order valence-electron chi connectivity index (χ4n) is 4.54. The van der Waals surface area contributed by atoms with Crippen molar-refractivity contribution < 1.29 is 22.7 Å². The third-order valence-electron chi connectivity index (χ3n) is 6.48. The highest BCUT2D eigenvalue weighted by Crippen LogP contribution is 2.23. The number of hydrogen-bond acceptors (Lipinski definition) is 6. The minimum absolute atomic E-state index is 0.0824. The zero-order valence-corrected chi connectivity index (χ0v) is 19.6. The average Bonchev–Trinajstić information content (AvgIpc) is 2.85. The number of nitrogens with zero attached hydrogens (tertiary/aromatic N) is 5. The highest BCUT2D eigenvalue weighted by molar-refractivity contribution is 5.74. The van der Waals surface area contributed by atoms with Crippen molar-refractivity contribution in [2.75, 3.05) is 50.7 Å². The molecular weight excluding hydrogens is 461 g/mol. The van der Waals surface area contributed by atoms with Gasteiger partial charge in [-0.05, 0) is 43.8 Å². The normalized spacial score (nSPS) is 17.9. The van der Waals surface area contributed by atoms with E-state index in [1.165, 1.54) is 5.56 Å². The lowest BCUT2D eigenvalue weighted by Crippen LogP contribution is -2.52. The predicted octanol–water partition coefficient (Wildman–Crippen LogP) is 3.51. The van der Waals surface area contributed by atoms with Gasteiger partial charge in [-0.25, -0.2) is 14.8 Å². The van der Waals surface area contributed by atoms with E-state index in [1.807, 2.05) is 11.0 Å². The average molecular weight is 493 g/mol. The van der Waals surface area contributed by atoms with E-state index in [4.69, 9.17) is 0 Å². The molecule has 0 atom stereocenters. The van der Waals surface area contributed by atoms with E-state index in [2.05, 4.69) is 49.2 Å². The number of halogens is 3. The number of nitrogens with one attached hydrogen (secondary N) is 1. The minimum Gasteiger partial charge on any atom is -0.402 e.